The molecule has 0 N–H and O–H groups in total. The molecule has 3 rings (SSSR count). The van der Waals surface area contributed by atoms with E-state index in [1.807, 2.05) is 48.9 Å². The Hall–Kier alpha value is -2.36. The molecule has 0 aliphatic carbocycles. The first-order valence-electron chi connectivity index (χ1n) is 6.19. The lowest BCUT2D eigenvalue weighted by Crippen LogP contribution is -1.99. The third kappa shape index (κ3) is 2.17. The number of hydrogen-bond donors (Lipinski definition) is 0. The van der Waals surface area contributed by atoms with Gasteiger partial charge in [-0.25, -0.2) is 9.97 Å². The molecule has 96 valence electrons. The molecule has 0 aliphatic rings. The van der Waals surface area contributed by atoms with Gasteiger partial charge in [0.15, 0.2) is 5.65 Å². The van der Waals surface area contributed by atoms with Crippen LogP contribution in [0.4, 0.5) is 0 Å². The Morgan fingerprint density at radius 1 is 1.16 bits per heavy atom. The van der Waals surface area contributed by atoms with Crippen LogP contribution in [0.15, 0.2) is 42.9 Å². The highest BCUT2D eigenvalue weighted by molar-refractivity contribution is 5.77. The molecule has 0 spiro atoms. The van der Waals surface area contributed by atoms with Gasteiger partial charge in [0.25, 0.3) is 0 Å². The average molecular weight is 253 g/mol. The SMILES string of the molecule is Cc1c(OCc2ccccc2)cnc2ncn(C)c12. The summed E-state index contributed by atoms with van der Waals surface area (Å²) in [5, 5.41) is 0. The third-order valence-corrected chi connectivity index (χ3v) is 3.18. The van der Waals surface area contributed by atoms with Crippen molar-refractivity contribution in [2.75, 3.05) is 0 Å². The zero-order chi connectivity index (χ0) is 13.2. The van der Waals surface area contributed by atoms with Crippen molar-refractivity contribution in [1.82, 2.24) is 14.5 Å². The highest BCUT2D eigenvalue weighted by Crippen LogP contribution is 2.24. The van der Waals surface area contributed by atoms with Crippen LogP contribution in [0.1, 0.15) is 11.1 Å². The molecule has 2 heterocycles. The van der Waals surface area contributed by atoms with Gasteiger partial charge >= 0.3 is 0 Å². The van der Waals surface area contributed by atoms with E-state index in [9.17, 15) is 0 Å². The second-order valence-corrected chi connectivity index (χ2v) is 4.55. The molecule has 0 amide bonds. The first kappa shape index (κ1) is 11.7. The topological polar surface area (TPSA) is 39.9 Å². The van der Waals surface area contributed by atoms with E-state index in [1.54, 1.807) is 12.5 Å². The summed E-state index contributed by atoms with van der Waals surface area (Å²) >= 11 is 0. The summed E-state index contributed by atoms with van der Waals surface area (Å²) in [5.41, 5.74) is 3.99. The van der Waals surface area contributed by atoms with E-state index in [2.05, 4.69) is 9.97 Å². The maximum atomic E-state index is 5.85. The summed E-state index contributed by atoms with van der Waals surface area (Å²) in [6, 6.07) is 10.1. The molecule has 4 nitrogen and oxygen atoms in total. The molecular formula is C15H15N3O. The predicted octanol–water partition coefficient (Wildman–Crippen LogP) is 2.86. The maximum Gasteiger partial charge on any atom is 0.178 e. The van der Waals surface area contributed by atoms with E-state index in [0.29, 0.717) is 6.61 Å². The molecule has 3 aromatic rings. The van der Waals surface area contributed by atoms with Crippen LogP contribution in [0.5, 0.6) is 5.75 Å². The Kier molecular flexibility index (Phi) is 2.91. The summed E-state index contributed by atoms with van der Waals surface area (Å²) in [6.45, 7) is 2.58. The largest absolute Gasteiger partial charge is 0.487 e. The van der Waals surface area contributed by atoms with Crippen LogP contribution in [0.2, 0.25) is 0 Å². The molecule has 0 atom stereocenters. The minimum Gasteiger partial charge on any atom is -0.487 e. The average Bonchev–Trinajstić information content (AvgIpc) is 2.82. The van der Waals surface area contributed by atoms with Gasteiger partial charge in [0, 0.05) is 12.6 Å². The molecular weight excluding hydrogens is 238 g/mol. The lowest BCUT2D eigenvalue weighted by molar-refractivity contribution is 0.303. The molecule has 0 aliphatic heterocycles. The molecule has 0 bridgehead atoms. The van der Waals surface area contributed by atoms with Crippen LogP contribution in [-0.2, 0) is 13.7 Å². The Balaban J connectivity index is 1.89. The number of ether oxygens (including phenoxy) is 1. The number of hydrogen-bond acceptors (Lipinski definition) is 3. The Bertz CT molecular complexity index is 704. The first-order valence-corrected chi connectivity index (χ1v) is 6.19. The Labute approximate surface area is 111 Å². The summed E-state index contributed by atoms with van der Waals surface area (Å²) < 4.78 is 7.82. The Morgan fingerprint density at radius 2 is 1.95 bits per heavy atom. The zero-order valence-corrected chi connectivity index (χ0v) is 11.0. The van der Waals surface area contributed by atoms with Gasteiger partial charge in [-0.15, -0.1) is 0 Å². The van der Waals surface area contributed by atoms with E-state index in [0.717, 1.165) is 28.0 Å². The number of rotatable bonds is 3. The molecule has 19 heavy (non-hydrogen) atoms. The normalized spacial score (nSPS) is 10.8. The minimum atomic E-state index is 0.548. The van der Waals surface area contributed by atoms with Gasteiger partial charge in [-0.3, -0.25) is 0 Å². The molecule has 0 saturated heterocycles. The second kappa shape index (κ2) is 4.72. The van der Waals surface area contributed by atoms with Crippen LogP contribution in [0.3, 0.4) is 0 Å². The number of benzene rings is 1. The number of pyridine rings is 1. The van der Waals surface area contributed by atoms with Gasteiger partial charge in [0.1, 0.15) is 12.4 Å². The predicted molar refractivity (Wildman–Crippen MR) is 74.0 cm³/mol. The smallest absolute Gasteiger partial charge is 0.178 e. The second-order valence-electron chi connectivity index (χ2n) is 4.55. The van der Waals surface area contributed by atoms with Gasteiger partial charge < -0.3 is 9.30 Å². The Morgan fingerprint density at radius 3 is 2.74 bits per heavy atom. The highest BCUT2D eigenvalue weighted by atomic mass is 16.5. The van der Waals surface area contributed by atoms with Crippen molar-refractivity contribution in [2.24, 2.45) is 7.05 Å². The fourth-order valence-corrected chi connectivity index (χ4v) is 2.16. The van der Waals surface area contributed by atoms with Gasteiger partial charge in [0.05, 0.1) is 18.0 Å². The van der Waals surface area contributed by atoms with Gasteiger partial charge in [-0.1, -0.05) is 30.3 Å². The van der Waals surface area contributed by atoms with Gasteiger partial charge in [0.2, 0.25) is 0 Å². The van der Waals surface area contributed by atoms with Crippen molar-refractivity contribution in [1.29, 1.82) is 0 Å². The number of nitrogens with zero attached hydrogens (tertiary/aromatic N) is 3. The fraction of sp³-hybridized carbons (Fsp3) is 0.200. The van der Waals surface area contributed by atoms with Crippen molar-refractivity contribution >= 4 is 11.2 Å². The number of fused-ring (bicyclic) bond motifs is 1. The summed E-state index contributed by atoms with van der Waals surface area (Å²) in [4.78, 5) is 8.55. The lowest BCUT2D eigenvalue weighted by Gasteiger charge is -2.09. The molecule has 0 unspecified atom stereocenters. The van der Waals surface area contributed by atoms with E-state index in [-0.39, 0.29) is 0 Å². The summed E-state index contributed by atoms with van der Waals surface area (Å²) in [6.07, 6.45) is 3.51. The summed E-state index contributed by atoms with van der Waals surface area (Å²) in [7, 11) is 1.96. The van der Waals surface area contributed by atoms with Crippen LogP contribution >= 0.6 is 0 Å². The number of aromatic nitrogens is 3. The first-order chi connectivity index (χ1) is 9.25. The van der Waals surface area contributed by atoms with Crippen molar-refractivity contribution in [3.05, 3.63) is 54.0 Å². The van der Waals surface area contributed by atoms with E-state index in [1.165, 1.54) is 0 Å². The molecule has 2 aromatic heterocycles. The third-order valence-electron chi connectivity index (χ3n) is 3.18. The van der Waals surface area contributed by atoms with Gasteiger partial charge in [-0.05, 0) is 12.5 Å². The lowest BCUT2D eigenvalue weighted by atomic mass is 10.2. The maximum absolute atomic E-state index is 5.85. The minimum absolute atomic E-state index is 0.548. The van der Waals surface area contributed by atoms with Crippen molar-refractivity contribution in [3.8, 4) is 5.75 Å². The molecule has 0 radical (unpaired) electrons. The quantitative estimate of drug-likeness (QED) is 0.720. The van der Waals surface area contributed by atoms with Gasteiger partial charge in [-0.2, -0.15) is 0 Å². The molecule has 0 fully saturated rings. The number of imidazole rings is 1. The highest BCUT2D eigenvalue weighted by Gasteiger charge is 2.10. The van der Waals surface area contributed by atoms with Crippen molar-refractivity contribution < 1.29 is 4.74 Å². The van der Waals surface area contributed by atoms with E-state index >= 15 is 0 Å². The fourth-order valence-electron chi connectivity index (χ4n) is 2.16. The molecule has 0 saturated carbocycles. The standard InChI is InChI=1S/C15H15N3O/c1-11-13(19-9-12-6-4-3-5-7-12)8-16-15-14(11)18(2)10-17-15/h3-8,10H,9H2,1-2H3. The monoisotopic (exact) mass is 253 g/mol. The van der Waals surface area contributed by atoms with Crippen LogP contribution in [-0.4, -0.2) is 14.5 Å². The molecule has 1 aromatic carbocycles. The number of aryl methyl sites for hydroxylation is 2. The summed E-state index contributed by atoms with van der Waals surface area (Å²) in [5.74, 6) is 0.806. The van der Waals surface area contributed by atoms with Crippen LogP contribution in [0, 0.1) is 6.92 Å². The zero-order valence-electron chi connectivity index (χ0n) is 11.0. The van der Waals surface area contributed by atoms with Crippen LogP contribution < -0.4 is 4.74 Å². The van der Waals surface area contributed by atoms with E-state index < -0.39 is 0 Å². The van der Waals surface area contributed by atoms with Crippen molar-refractivity contribution in [2.45, 2.75) is 13.5 Å². The van der Waals surface area contributed by atoms with Crippen molar-refractivity contribution in [3.63, 3.8) is 0 Å². The van der Waals surface area contributed by atoms with E-state index in [4.69, 9.17) is 4.74 Å². The molecule has 4 heteroatoms. The van der Waals surface area contributed by atoms with Crippen LogP contribution in [0.25, 0.3) is 11.2 Å².